The molecule has 2 aromatic heterocycles. The molecular formula is C78H50N2O2. The van der Waals surface area contributed by atoms with Crippen molar-refractivity contribution >= 4 is 88.8 Å². The molecule has 0 radical (unpaired) electrons. The zero-order chi connectivity index (χ0) is 54.0. The van der Waals surface area contributed by atoms with Crippen molar-refractivity contribution < 1.29 is 8.83 Å². The number of fused-ring (bicyclic) bond motifs is 18. The maximum Gasteiger partial charge on any atom is 0.159 e. The van der Waals surface area contributed by atoms with Crippen molar-refractivity contribution in [2.45, 2.75) is 12.3 Å². The van der Waals surface area contributed by atoms with Gasteiger partial charge >= 0.3 is 0 Å². The van der Waals surface area contributed by atoms with E-state index in [0.29, 0.717) is 0 Å². The van der Waals surface area contributed by atoms with Crippen molar-refractivity contribution in [1.29, 1.82) is 0 Å². The summed E-state index contributed by atoms with van der Waals surface area (Å²) in [4.78, 5) is 4.94. The zero-order valence-corrected chi connectivity index (χ0v) is 44.8. The predicted molar refractivity (Wildman–Crippen MR) is 341 cm³/mol. The number of anilines is 6. The first-order valence-electron chi connectivity index (χ1n) is 28.2. The molecule has 0 saturated heterocycles. The molecule has 0 spiro atoms. The molecule has 4 nitrogen and oxygen atoms in total. The molecule has 1 atom stereocenters. The third-order valence-electron chi connectivity index (χ3n) is 17.6. The molecule has 0 amide bonds. The SMILES string of the molecule is CC12c3cccc(c3)-c3cc(-c4ccccc4)ccc3N(c3cccc4c3oc3ccccc34)c3cc1c(c1ccccc31)-c1ccc(N(c3ccc(-c4ccccc4)cc3-c3ccccc3)c3cccc4c3oc3ccccc34)cc12. The van der Waals surface area contributed by atoms with Crippen LogP contribution in [0.5, 0.6) is 0 Å². The smallest absolute Gasteiger partial charge is 0.159 e. The largest absolute Gasteiger partial charge is 0.454 e. The molecule has 4 bridgehead atoms. The van der Waals surface area contributed by atoms with Crippen LogP contribution in [-0.4, -0.2) is 0 Å². The van der Waals surface area contributed by atoms with E-state index in [-0.39, 0.29) is 0 Å². The summed E-state index contributed by atoms with van der Waals surface area (Å²) in [6, 6.07) is 104. The van der Waals surface area contributed by atoms with Gasteiger partial charge in [-0.15, -0.1) is 0 Å². The Hall–Kier alpha value is -10.7. The lowest BCUT2D eigenvalue weighted by Crippen LogP contribution is -2.24. The van der Waals surface area contributed by atoms with Gasteiger partial charge in [-0.2, -0.15) is 0 Å². The zero-order valence-electron chi connectivity index (χ0n) is 44.8. The van der Waals surface area contributed by atoms with Gasteiger partial charge in [-0.3, -0.25) is 0 Å². The van der Waals surface area contributed by atoms with Gasteiger partial charge in [-0.25, -0.2) is 0 Å². The number of nitrogens with zero attached hydrogens (tertiary/aromatic N) is 2. The molecule has 15 aromatic rings. The average Bonchev–Trinajstić information content (AvgIpc) is 2.34. The molecule has 1 unspecified atom stereocenters. The summed E-state index contributed by atoms with van der Waals surface area (Å²) >= 11 is 0. The monoisotopic (exact) mass is 1050 g/mol. The highest BCUT2D eigenvalue weighted by Crippen LogP contribution is 2.60. The van der Waals surface area contributed by atoms with Gasteiger partial charge in [0.15, 0.2) is 11.2 Å². The number of hydrogen-bond donors (Lipinski definition) is 0. The van der Waals surface area contributed by atoms with E-state index in [4.69, 9.17) is 8.83 Å². The number of hydrogen-bond acceptors (Lipinski definition) is 4. The highest BCUT2D eigenvalue weighted by atomic mass is 16.3. The molecule has 0 N–H and O–H groups in total. The standard InChI is InChI=1S/C78H50N2O2/c1-78-55-27-17-26-54(44-55)65-46-53(50-22-7-3-8-23-50)39-43-69(65)80(71-35-19-33-62-59-30-14-16-37-74(59)82-77(62)71)72-48-67(78)75(60-31-12-11-28-57(60)72)63-41-40-56(47-66(63)78)79(70-34-18-32-61-58-29-13-15-36-73(58)81-76(61)70)68-42-38-52(49-20-5-2-6-21-49)45-64(68)51-24-9-4-10-25-51/h2-48H,1H3. The molecule has 17 rings (SSSR count). The van der Waals surface area contributed by atoms with Crippen molar-refractivity contribution in [1.82, 2.24) is 0 Å². The summed E-state index contributed by atoms with van der Waals surface area (Å²) < 4.78 is 14.0. The van der Waals surface area contributed by atoms with E-state index in [0.717, 1.165) is 122 Å². The first-order chi connectivity index (χ1) is 40.5. The predicted octanol–water partition coefficient (Wildman–Crippen LogP) is 21.9. The fourth-order valence-corrected chi connectivity index (χ4v) is 13.8. The third kappa shape index (κ3) is 6.85. The molecule has 0 fully saturated rings. The van der Waals surface area contributed by atoms with Gasteiger partial charge in [-0.05, 0) is 146 Å². The van der Waals surface area contributed by atoms with Crippen LogP contribution in [0.15, 0.2) is 294 Å². The fourth-order valence-electron chi connectivity index (χ4n) is 13.8. The normalized spacial score (nSPS) is 14.2. The Bertz CT molecular complexity index is 5080. The first kappa shape index (κ1) is 46.3. The molecule has 1 aliphatic heterocycles. The summed E-state index contributed by atoms with van der Waals surface area (Å²) in [5, 5.41) is 6.69. The maximum atomic E-state index is 7.00. The van der Waals surface area contributed by atoms with E-state index in [1.807, 2.05) is 0 Å². The summed E-state index contributed by atoms with van der Waals surface area (Å²) in [5.74, 6) is 0. The van der Waals surface area contributed by atoms with Crippen LogP contribution in [0.3, 0.4) is 0 Å². The lowest BCUT2D eigenvalue weighted by atomic mass is 9.72. The summed E-state index contributed by atoms with van der Waals surface area (Å²) in [5.41, 5.74) is 24.2. The molecule has 384 valence electrons. The van der Waals surface area contributed by atoms with Gasteiger partial charge in [0, 0.05) is 49.2 Å². The average molecular weight is 1050 g/mol. The van der Waals surface area contributed by atoms with Crippen molar-refractivity contribution in [3.05, 3.63) is 302 Å². The van der Waals surface area contributed by atoms with E-state index in [1.165, 1.54) is 38.8 Å². The maximum absolute atomic E-state index is 7.00. The van der Waals surface area contributed by atoms with Crippen LogP contribution in [0.4, 0.5) is 34.1 Å². The molecule has 2 aliphatic rings. The molecule has 4 heteroatoms. The van der Waals surface area contributed by atoms with Crippen molar-refractivity contribution in [3.8, 4) is 55.6 Å². The van der Waals surface area contributed by atoms with Crippen LogP contribution < -0.4 is 9.80 Å². The minimum absolute atomic E-state index is 0.641. The topological polar surface area (TPSA) is 32.8 Å². The Labute approximate surface area is 474 Å². The molecule has 13 aromatic carbocycles. The molecule has 0 saturated carbocycles. The lowest BCUT2D eigenvalue weighted by Gasteiger charge is -2.35. The Balaban J connectivity index is 0.962. The van der Waals surface area contributed by atoms with Gasteiger partial charge in [0.25, 0.3) is 0 Å². The lowest BCUT2D eigenvalue weighted by molar-refractivity contribution is 0.669. The molecular weight excluding hydrogens is 997 g/mol. The molecule has 1 aliphatic carbocycles. The van der Waals surface area contributed by atoms with Gasteiger partial charge < -0.3 is 18.6 Å². The van der Waals surface area contributed by atoms with Crippen LogP contribution in [0.25, 0.3) is 110 Å². The van der Waals surface area contributed by atoms with E-state index < -0.39 is 5.41 Å². The number of benzene rings is 13. The van der Waals surface area contributed by atoms with E-state index in [2.05, 4.69) is 302 Å². The Morgan fingerprint density at radius 1 is 0.317 bits per heavy atom. The van der Waals surface area contributed by atoms with Crippen molar-refractivity contribution in [2.75, 3.05) is 9.80 Å². The highest BCUT2D eigenvalue weighted by molar-refractivity contribution is 6.16. The van der Waals surface area contributed by atoms with Crippen LogP contribution in [0.2, 0.25) is 0 Å². The van der Waals surface area contributed by atoms with E-state index in [9.17, 15) is 0 Å². The first-order valence-corrected chi connectivity index (χ1v) is 28.2. The molecule has 3 heterocycles. The second-order valence-corrected chi connectivity index (χ2v) is 22.0. The summed E-state index contributed by atoms with van der Waals surface area (Å²) in [6.45, 7) is 2.46. The van der Waals surface area contributed by atoms with Gasteiger partial charge in [0.1, 0.15) is 11.2 Å². The Kier molecular flexibility index (Phi) is 10.1. The van der Waals surface area contributed by atoms with Gasteiger partial charge in [0.2, 0.25) is 0 Å². The second-order valence-electron chi connectivity index (χ2n) is 22.0. The van der Waals surface area contributed by atoms with Gasteiger partial charge in [-0.1, -0.05) is 212 Å². The quantitative estimate of drug-likeness (QED) is 0.159. The van der Waals surface area contributed by atoms with Crippen LogP contribution >= 0.6 is 0 Å². The van der Waals surface area contributed by atoms with Crippen molar-refractivity contribution in [2.24, 2.45) is 0 Å². The number of furan rings is 2. The van der Waals surface area contributed by atoms with E-state index >= 15 is 0 Å². The Morgan fingerprint density at radius 3 is 1.60 bits per heavy atom. The second kappa shape index (κ2) is 17.9. The summed E-state index contributed by atoms with van der Waals surface area (Å²) in [7, 11) is 0. The minimum atomic E-state index is -0.641. The van der Waals surface area contributed by atoms with E-state index in [1.54, 1.807) is 0 Å². The Morgan fingerprint density at radius 2 is 0.878 bits per heavy atom. The molecule has 82 heavy (non-hydrogen) atoms. The number of rotatable bonds is 7. The third-order valence-corrected chi connectivity index (χ3v) is 17.6. The minimum Gasteiger partial charge on any atom is -0.454 e. The number of para-hydroxylation sites is 4. The fraction of sp³-hybridized carbons (Fsp3) is 0.0256. The van der Waals surface area contributed by atoms with Gasteiger partial charge in [0.05, 0.1) is 28.4 Å². The van der Waals surface area contributed by atoms with Crippen LogP contribution in [0.1, 0.15) is 23.6 Å². The van der Waals surface area contributed by atoms with Crippen LogP contribution in [0, 0.1) is 0 Å². The van der Waals surface area contributed by atoms with Crippen molar-refractivity contribution in [3.63, 3.8) is 0 Å². The van der Waals surface area contributed by atoms with Crippen LogP contribution in [-0.2, 0) is 5.41 Å². The highest BCUT2D eigenvalue weighted by Gasteiger charge is 2.44. The summed E-state index contributed by atoms with van der Waals surface area (Å²) in [6.07, 6.45) is 0.